The van der Waals surface area contributed by atoms with Gasteiger partial charge < -0.3 is 15.3 Å². The lowest BCUT2D eigenvalue weighted by Gasteiger charge is -2.33. The second-order valence-electron chi connectivity index (χ2n) is 6.40. The van der Waals surface area contributed by atoms with E-state index in [4.69, 9.17) is 0 Å². The van der Waals surface area contributed by atoms with E-state index in [1.165, 1.54) is 12.8 Å². The Balaban J connectivity index is 2.01. The van der Waals surface area contributed by atoms with Gasteiger partial charge in [0.25, 0.3) is 0 Å². The van der Waals surface area contributed by atoms with Crippen molar-refractivity contribution in [3.05, 3.63) is 0 Å². The van der Waals surface area contributed by atoms with E-state index in [1.54, 1.807) is 11.8 Å². The van der Waals surface area contributed by atoms with Gasteiger partial charge in [-0.2, -0.15) is 0 Å². The molecule has 108 valence electrons. The molecule has 2 aliphatic rings. The second-order valence-corrected chi connectivity index (χ2v) is 6.40. The number of amides is 2. The van der Waals surface area contributed by atoms with Gasteiger partial charge >= 0.3 is 12.0 Å². The van der Waals surface area contributed by atoms with Gasteiger partial charge in [-0.25, -0.2) is 9.59 Å². The number of rotatable bonds is 6. The van der Waals surface area contributed by atoms with Crippen molar-refractivity contribution in [1.29, 1.82) is 0 Å². The maximum Gasteiger partial charge on any atom is 0.329 e. The zero-order chi connectivity index (χ0) is 14.2. The molecule has 0 radical (unpaired) electrons. The van der Waals surface area contributed by atoms with Crippen molar-refractivity contribution in [1.82, 2.24) is 10.2 Å². The van der Waals surface area contributed by atoms with Crippen LogP contribution in [0.15, 0.2) is 0 Å². The number of carboxylic acid groups (broad SMARTS) is 1. The van der Waals surface area contributed by atoms with E-state index >= 15 is 0 Å². The number of aliphatic carboxylic acids is 1. The molecule has 0 spiro atoms. The van der Waals surface area contributed by atoms with Crippen LogP contribution in [-0.2, 0) is 4.79 Å². The van der Waals surface area contributed by atoms with Crippen LogP contribution >= 0.6 is 0 Å². The molecule has 19 heavy (non-hydrogen) atoms. The van der Waals surface area contributed by atoms with Gasteiger partial charge in [0.15, 0.2) is 0 Å². The first-order valence-electron chi connectivity index (χ1n) is 7.16. The molecule has 0 aliphatic heterocycles. The van der Waals surface area contributed by atoms with E-state index in [1.807, 2.05) is 13.8 Å². The van der Waals surface area contributed by atoms with Crippen LogP contribution in [0.5, 0.6) is 0 Å². The van der Waals surface area contributed by atoms with Gasteiger partial charge in [0.2, 0.25) is 0 Å². The molecular formula is C14H24N2O3. The zero-order valence-corrected chi connectivity index (χ0v) is 12.0. The minimum absolute atomic E-state index is 0.0730. The molecule has 0 aromatic rings. The summed E-state index contributed by atoms with van der Waals surface area (Å²) in [5.41, 5.74) is -1.12. The molecule has 2 amide bonds. The highest BCUT2D eigenvalue weighted by Gasteiger charge is 2.49. The summed E-state index contributed by atoms with van der Waals surface area (Å²) in [5.74, 6) is -0.257. The normalized spacial score (nSPS) is 21.9. The van der Waals surface area contributed by atoms with Crippen LogP contribution in [0.25, 0.3) is 0 Å². The van der Waals surface area contributed by atoms with E-state index < -0.39 is 11.5 Å². The third-order valence-corrected chi connectivity index (χ3v) is 4.24. The second kappa shape index (κ2) is 5.02. The van der Waals surface area contributed by atoms with Gasteiger partial charge in [-0.1, -0.05) is 0 Å². The summed E-state index contributed by atoms with van der Waals surface area (Å²) in [6.45, 7) is 6.30. The lowest BCUT2D eigenvalue weighted by molar-refractivity contribution is -0.144. The van der Waals surface area contributed by atoms with Crippen molar-refractivity contribution in [3.8, 4) is 0 Å². The fourth-order valence-electron chi connectivity index (χ4n) is 2.39. The first-order valence-corrected chi connectivity index (χ1v) is 7.16. The van der Waals surface area contributed by atoms with E-state index in [-0.39, 0.29) is 18.0 Å². The van der Waals surface area contributed by atoms with Gasteiger partial charge in [0.1, 0.15) is 5.54 Å². The van der Waals surface area contributed by atoms with E-state index in [0.29, 0.717) is 5.92 Å². The molecule has 0 saturated heterocycles. The number of hydrogen-bond acceptors (Lipinski definition) is 2. The fourth-order valence-corrected chi connectivity index (χ4v) is 2.39. The molecule has 0 heterocycles. The van der Waals surface area contributed by atoms with Crippen molar-refractivity contribution in [2.75, 3.05) is 6.54 Å². The number of nitrogens with one attached hydrogen (secondary N) is 1. The Kier molecular flexibility index (Phi) is 3.74. The minimum atomic E-state index is -1.12. The number of carbonyl (C=O) groups excluding carboxylic acids is 1. The van der Waals surface area contributed by atoms with Crippen molar-refractivity contribution in [2.45, 2.75) is 58.0 Å². The molecule has 2 N–H and O–H groups in total. The zero-order valence-electron chi connectivity index (χ0n) is 12.0. The molecule has 2 aliphatic carbocycles. The largest absolute Gasteiger partial charge is 0.480 e. The molecule has 2 rings (SSSR count). The first-order chi connectivity index (χ1) is 8.84. The van der Waals surface area contributed by atoms with Crippen molar-refractivity contribution >= 4 is 12.0 Å². The molecule has 5 heteroatoms. The lowest BCUT2D eigenvalue weighted by atomic mass is 9.96. The van der Waals surface area contributed by atoms with Crippen LogP contribution < -0.4 is 5.32 Å². The Morgan fingerprint density at radius 3 is 2.26 bits per heavy atom. The topological polar surface area (TPSA) is 69.6 Å². The quantitative estimate of drug-likeness (QED) is 0.774. The summed E-state index contributed by atoms with van der Waals surface area (Å²) in [6, 6.07) is -0.142. The Morgan fingerprint density at radius 1 is 1.32 bits per heavy atom. The summed E-state index contributed by atoms with van der Waals surface area (Å²) in [5, 5.41) is 12.1. The number of carbonyl (C=O) groups is 2. The van der Waals surface area contributed by atoms with Crippen LogP contribution in [0.4, 0.5) is 4.79 Å². The van der Waals surface area contributed by atoms with Crippen molar-refractivity contribution in [2.24, 2.45) is 11.8 Å². The predicted octanol–water partition coefficient (Wildman–Crippen LogP) is 2.07. The summed E-state index contributed by atoms with van der Waals surface area (Å²) >= 11 is 0. The summed E-state index contributed by atoms with van der Waals surface area (Å²) in [4.78, 5) is 25.5. The first kappa shape index (κ1) is 14.2. The number of urea groups is 1. The molecule has 2 saturated carbocycles. The molecule has 1 atom stereocenters. The number of hydrogen-bond donors (Lipinski definition) is 2. The molecule has 1 unspecified atom stereocenters. The highest BCUT2D eigenvalue weighted by atomic mass is 16.4. The van der Waals surface area contributed by atoms with Crippen molar-refractivity contribution in [3.63, 3.8) is 0 Å². The molecular weight excluding hydrogens is 244 g/mol. The third-order valence-electron chi connectivity index (χ3n) is 4.24. The summed E-state index contributed by atoms with van der Waals surface area (Å²) < 4.78 is 0. The molecule has 2 fully saturated rings. The third kappa shape index (κ3) is 3.19. The van der Waals surface area contributed by atoms with Gasteiger partial charge in [0, 0.05) is 12.6 Å². The van der Waals surface area contributed by atoms with E-state index in [9.17, 15) is 14.7 Å². The molecule has 5 nitrogen and oxygen atoms in total. The summed E-state index contributed by atoms with van der Waals surface area (Å²) in [6.07, 6.45) is 4.12. The van der Waals surface area contributed by atoms with Crippen LogP contribution in [-0.4, -0.2) is 40.1 Å². The van der Waals surface area contributed by atoms with Gasteiger partial charge in [0.05, 0.1) is 0 Å². The van der Waals surface area contributed by atoms with Crippen LogP contribution in [0.2, 0.25) is 0 Å². The predicted molar refractivity (Wildman–Crippen MR) is 71.9 cm³/mol. The molecule has 0 aromatic carbocycles. The average molecular weight is 268 g/mol. The molecule has 0 bridgehead atoms. The average Bonchev–Trinajstić information content (AvgIpc) is 3.15. The Morgan fingerprint density at radius 2 is 1.89 bits per heavy atom. The Labute approximate surface area is 114 Å². The maximum absolute atomic E-state index is 12.4. The smallest absolute Gasteiger partial charge is 0.329 e. The number of carboxylic acids is 1. The highest BCUT2D eigenvalue weighted by Crippen LogP contribution is 2.40. The van der Waals surface area contributed by atoms with Crippen LogP contribution in [0, 0.1) is 11.8 Å². The van der Waals surface area contributed by atoms with Gasteiger partial charge in [-0.3, -0.25) is 0 Å². The lowest BCUT2D eigenvalue weighted by Crippen LogP contribution is -2.58. The summed E-state index contributed by atoms with van der Waals surface area (Å²) in [7, 11) is 0. The monoisotopic (exact) mass is 268 g/mol. The SMILES string of the molecule is CC(C)N(CC1CC1)C(=O)NC(C)(C(=O)O)C1CC1. The maximum atomic E-state index is 12.4. The standard InChI is InChI=1S/C14H24N2O3/c1-9(2)16(8-10-4-5-10)13(19)15-14(3,12(17)18)11-6-7-11/h9-11H,4-8H2,1-3H3,(H,15,19)(H,17,18). The van der Waals surface area contributed by atoms with Crippen molar-refractivity contribution < 1.29 is 14.7 Å². The minimum Gasteiger partial charge on any atom is -0.480 e. The van der Waals surface area contributed by atoms with E-state index in [2.05, 4.69) is 5.32 Å². The van der Waals surface area contributed by atoms with Gasteiger partial charge in [-0.05, 0) is 58.3 Å². The van der Waals surface area contributed by atoms with Gasteiger partial charge in [-0.15, -0.1) is 0 Å². The Hall–Kier alpha value is -1.26. The molecule has 0 aromatic heterocycles. The van der Waals surface area contributed by atoms with Crippen LogP contribution in [0.1, 0.15) is 46.5 Å². The van der Waals surface area contributed by atoms with E-state index in [0.717, 1.165) is 19.4 Å². The highest BCUT2D eigenvalue weighted by molar-refractivity contribution is 5.86. The Bertz CT molecular complexity index is 375. The number of nitrogens with zero attached hydrogens (tertiary/aromatic N) is 1. The fraction of sp³-hybridized carbons (Fsp3) is 0.857. The van der Waals surface area contributed by atoms with Crippen LogP contribution in [0.3, 0.4) is 0 Å².